The minimum Gasteiger partial charge on any atom is -0.391 e. The van der Waals surface area contributed by atoms with Gasteiger partial charge in [-0.15, -0.1) is 11.3 Å². The van der Waals surface area contributed by atoms with Crippen LogP contribution < -0.4 is 10.6 Å². The van der Waals surface area contributed by atoms with Crippen molar-refractivity contribution in [3.8, 4) is 10.4 Å². The molecule has 10 heteroatoms. The lowest BCUT2D eigenvalue weighted by atomic mass is 10.0. The number of carbonyl (C=O) groups excluding carboxylic acids is 3. The zero-order chi connectivity index (χ0) is 28.7. The Morgan fingerprint density at radius 3 is 2.56 bits per heavy atom. The standard InChI is InChI=1S/C27H35FN4O4S.C2H6/c1-4-5-6-21(31-26(36)27(28)9-10-27)25(35)32-14-20(33)12-22(32)24(34)29-13-19-8-7-18(11-16(19)2)23-17(3)30-15-37-23;1-2/h7-8,11,15,20-22,33H,4-6,9-10,12-14H2,1-3H3,(H,29,34)(H,31,36);1-2H3. The molecule has 1 saturated carbocycles. The van der Waals surface area contributed by atoms with Crippen molar-refractivity contribution in [2.24, 2.45) is 0 Å². The normalized spacial score (nSPS) is 20.0. The lowest BCUT2D eigenvalue weighted by Gasteiger charge is -2.29. The first kappa shape index (κ1) is 30.7. The van der Waals surface area contributed by atoms with Crippen LogP contribution in [0.5, 0.6) is 0 Å². The summed E-state index contributed by atoms with van der Waals surface area (Å²) in [5.41, 5.74) is 3.94. The van der Waals surface area contributed by atoms with Crippen LogP contribution in [0.15, 0.2) is 23.7 Å². The Kier molecular flexibility index (Phi) is 10.6. The Labute approximate surface area is 234 Å². The van der Waals surface area contributed by atoms with E-state index in [0.29, 0.717) is 12.8 Å². The van der Waals surface area contributed by atoms with Crippen molar-refractivity contribution < 1.29 is 23.9 Å². The predicted molar refractivity (Wildman–Crippen MR) is 151 cm³/mol. The predicted octanol–water partition coefficient (Wildman–Crippen LogP) is 4.21. The highest BCUT2D eigenvalue weighted by atomic mass is 32.1. The van der Waals surface area contributed by atoms with Gasteiger partial charge in [0.1, 0.15) is 12.1 Å². The van der Waals surface area contributed by atoms with E-state index in [1.165, 1.54) is 4.90 Å². The number of likely N-dealkylation sites (tertiary alicyclic amines) is 1. The number of rotatable bonds is 10. The molecule has 3 amide bonds. The fourth-order valence-electron chi connectivity index (χ4n) is 4.71. The maximum absolute atomic E-state index is 14.3. The molecule has 3 unspecified atom stereocenters. The average molecular weight is 561 g/mol. The van der Waals surface area contributed by atoms with Gasteiger partial charge in [0.2, 0.25) is 11.8 Å². The topological polar surface area (TPSA) is 112 Å². The third-order valence-electron chi connectivity index (χ3n) is 7.21. The van der Waals surface area contributed by atoms with Crippen molar-refractivity contribution in [3.63, 3.8) is 0 Å². The number of aryl methyl sites for hydroxylation is 2. The highest BCUT2D eigenvalue weighted by molar-refractivity contribution is 7.13. The van der Waals surface area contributed by atoms with E-state index in [1.807, 2.05) is 52.3 Å². The summed E-state index contributed by atoms with van der Waals surface area (Å²) >= 11 is 1.58. The molecule has 214 valence electrons. The molecular formula is C29H41FN4O4S. The van der Waals surface area contributed by atoms with Gasteiger partial charge in [-0.2, -0.15) is 0 Å². The molecule has 1 saturated heterocycles. The molecule has 0 bridgehead atoms. The Hall–Kier alpha value is -2.85. The minimum atomic E-state index is -1.89. The van der Waals surface area contributed by atoms with Crippen molar-refractivity contribution in [3.05, 3.63) is 40.5 Å². The van der Waals surface area contributed by atoms with Crippen LogP contribution in [0, 0.1) is 13.8 Å². The molecule has 1 aliphatic heterocycles. The maximum Gasteiger partial charge on any atom is 0.258 e. The zero-order valence-corrected chi connectivity index (χ0v) is 24.4. The number of benzene rings is 1. The second-order valence-electron chi connectivity index (χ2n) is 10.2. The van der Waals surface area contributed by atoms with Crippen LogP contribution in [0.25, 0.3) is 10.4 Å². The monoisotopic (exact) mass is 560 g/mol. The average Bonchev–Trinajstić information content (AvgIpc) is 3.34. The van der Waals surface area contributed by atoms with E-state index < -0.39 is 35.7 Å². The van der Waals surface area contributed by atoms with Gasteiger partial charge < -0.3 is 20.6 Å². The molecule has 39 heavy (non-hydrogen) atoms. The minimum absolute atomic E-state index is 0.00188. The zero-order valence-electron chi connectivity index (χ0n) is 23.6. The maximum atomic E-state index is 14.3. The molecule has 8 nitrogen and oxygen atoms in total. The fraction of sp³-hybridized carbons (Fsp3) is 0.586. The van der Waals surface area contributed by atoms with E-state index in [2.05, 4.69) is 21.7 Å². The van der Waals surface area contributed by atoms with Crippen LogP contribution >= 0.6 is 11.3 Å². The van der Waals surface area contributed by atoms with Gasteiger partial charge in [0.15, 0.2) is 5.67 Å². The Morgan fingerprint density at radius 2 is 1.97 bits per heavy atom. The summed E-state index contributed by atoms with van der Waals surface area (Å²) < 4.78 is 14.3. The number of carbonyl (C=O) groups is 3. The lowest BCUT2D eigenvalue weighted by molar-refractivity contribution is -0.142. The van der Waals surface area contributed by atoms with Gasteiger partial charge in [0.25, 0.3) is 5.91 Å². The molecular weight excluding hydrogens is 519 g/mol. The summed E-state index contributed by atoms with van der Waals surface area (Å²) in [6, 6.07) is 4.25. The summed E-state index contributed by atoms with van der Waals surface area (Å²) in [6.07, 6.45) is 1.40. The summed E-state index contributed by atoms with van der Waals surface area (Å²) in [6.45, 7) is 10.2. The van der Waals surface area contributed by atoms with Crippen molar-refractivity contribution in [1.29, 1.82) is 0 Å². The quantitative estimate of drug-likeness (QED) is 0.403. The molecule has 2 aromatic rings. The number of amides is 3. The Bertz CT molecular complexity index is 1170. The Morgan fingerprint density at radius 1 is 1.26 bits per heavy atom. The van der Waals surface area contributed by atoms with Gasteiger partial charge >= 0.3 is 0 Å². The lowest BCUT2D eigenvalue weighted by Crippen LogP contribution is -2.54. The van der Waals surface area contributed by atoms with E-state index in [4.69, 9.17) is 0 Å². The van der Waals surface area contributed by atoms with Crippen LogP contribution in [0.4, 0.5) is 4.39 Å². The molecule has 4 rings (SSSR count). The number of thiazole rings is 1. The number of aliphatic hydroxyl groups is 1. The van der Waals surface area contributed by atoms with E-state index in [1.54, 1.807) is 11.3 Å². The molecule has 2 aliphatic rings. The van der Waals surface area contributed by atoms with Crippen LogP contribution in [0.3, 0.4) is 0 Å². The van der Waals surface area contributed by atoms with Gasteiger partial charge in [-0.3, -0.25) is 14.4 Å². The third kappa shape index (κ3) is 7.42. The van der Waals surface area contributed by atoms with Crippen molar-refractivity contribution in [1.82, 2.24) is 20.5 Å². The van der Waals surface area contributed by atoms with Crippen molar-refractivity contribution in [2.45, 2.75) is 104 Å². The molecule has 3 N–H and O–H groups in total. The number of hydrogen-bond donors (Lipinski definition) is 3. The van der Waals surface area contributed by atoms with Crippen LogP contribution in [0.1, 0.15) is 76.1 Å². The summed E-state index contributed by atoms with van der Waals surface area (Å²) in [4.78, 5) is 45.6. The van der Waals surface area contributed by atoms with Crippen LogP contribution in [-0.2, 0) is 20.9 Å². The van der Waals surface area contributed by atoms with Gasteiger partial charge in [-0.1, -0.05) is 51.8 Å². The van der Waals surface area contributed by atoms with E-state index in [-0.39, 0.29) is 38.3 Å². The number of nitrogens with one attached hydrogen (secondary N) is 2. The first-order valence-corrected chi connectivity index (χ1v) is 14.8. The van der Waals surface area contributed by atoms with Gasteiger partial charge in [-0.05, 0) is 49.8 Å². The molecule has 2 fully saturated rings. The highest BCUT2D eigenvalue weighted by Crippen LogP contribution is 2.40. The highest BCUT2D eigenvalue weighted by Gasteiger charge is 2.52. The van der Waals surface area contributed by atoms with Crippen LogP contribution in [-0.4, -0.2) is 63.1 Å². The smallest absolute Gasteiger partial charge is 0.258 e. The van der Waals surface area contributed by atoms with E-state index in [9.17, 15) is 23.9 Å². The number of alkyl halides is 1. The fourth-order valence-corrected chi connectivity index (χ4v) is 5.51. The van der Waals surface area contributed by atoms with Gasteiger partial charge in [0, 0.05) is 19.5 Å². The number of nitrogens with zero attached hydrogens (tertiary/aromatic N) is 2. The van der Waals surface area contributed by atoms with Gasteiger partial charge in [0.05, 0.1) is 22.2 Å². The SMILES string of the molecule is CC.CCCCC(NC(=O)C1(F)CC1)C(=O)N1CC(O)CC1C(=O)NCc1ccc(-c2scnc2C)cc1C. The number of aromatic nitrogens is 1. The number of β-amino-alcohol motifs (C(OH)–C–C–N with tert-alkyl or cyclic N) is 1. The second kappa shape index (κ2) is 13.5. The number of halogens is 1. The Balaban J connectivity index is 0.00000205. The van der Waals surface area contributed by atoms with Gasteiger partial charge in [-0.25, -0.2) is 9.37 Å². The largest absolute Gasteiger partial charge is 0.391 e. The summed E-state index contributed by atoms with van der Waals surface area (Å²) in [5, 5.41) is 15.8. The van der Waals surface area contributed by atoms with Crippen LogP contribution in [0.2, 0.25) is 0 Å². The molecule has 2 heterocycles. The second-order valence-corrected chi connectivity index (χ2v) is 11.0. The first-order chi connectivity index (χ1) is 18.6. The number of unbranched alkanes of at least 4 members (excludes halogenated alkanes) is 1. The van der Waals surface area contributed by atoms with Crippen molar-refractivity contribution >= 4 is 29.1 Å². The molecule has 1 aromatic carbocycles. The van der Waals surface area contributed by atoms with Crippen molar-refractivity contribution in [2.75, 3.05) is 6.54 Å². The number of aliphatic hydroxyl groups excluding tert-OH is 1. The summed E-state index contributed by atoms with van der Waals surface area (Å²) in [5.74, 6) is -1.59. The third-order valence-corrected chi connectivity index (χ3v) is 8.19. The molecule has 0 spiro atoms. The molecule has 1 aliphatic carbocycles. The van der Waals surface area contributed by atoms with E-state index in [0.717, 1.165) is 33.7 Å². The first-order valence-electron chi connectivity index (χ1n) is 13.9. The molecule has 0 radical (unpaired) electrons. The molecule has 1 aromatic heterocycles. The summed E-state index contributed by atoms with van der Waals surface area (Å²) in [7, 11) is 0. The van der Waals surface area contributed by atoms with E-state index >= 15 is 0 Å². The molecule has 3 atom stereocenters. The number of hydrogen-bond acceptors (Lipinski definition) is 6.